The number of hydrogen-bond acceptors (Lipinski definition) is 4. The maximum atomic E-state index is 8.52. The van der Waals surface area contributed by atoms with Gasteiger partial charge in [-0.2, -0.15) is 0 Å². The highest BCUT2D eigenvalue weighted by molar-refractivity contribution is 7.79. The molecule has 7 heteroatoms. The standard InChI is InChI=1S/2C18H39N.H2O4S/c2*1-18(2)16-14-12-10-8-6-4-3-5-7-9-11-13-15-17-19;1-5(2,3)4/h2*18H,3-17,19H2,1-2H3;(H2,1,2,3,4). The maximum Gasteiger partial charge on any atom is 0.0739 e. The Morgan fingerprint density at radius 1 is 0.372 bits per heavy atom. The molecule has 0 unspecified atom stereocenters. The molecule has 0 saturated heterocycles. The predicted octanol–water partition coefficient (Wildman–Crippen LogP) is 9.35. The summed E-state index contributed by atoms with van der Waals surface area (Å²) >= 11 is 0. The largest absolute Gasteiger partial charge is 0.759 e. The molecule has 0 bridgehead atoms. The maximum absolute atomic E-state index is 8.52. The van der Waals surface area contributed by atoms with Crippen LogP contribution in [0.5, 0.6) is 0 Å². The van der Waals surface area contributed by atoms with Gasteiger partial charge in [0.15, 0.2) is 0 Å². The Labute approximate surface area is 271 Å². The van der Waals surface area contributed by atoms with Gasteiger partial charge in [0.25, 0.3) is 0 Å². The van der Waals surface area contributed by atoms with Gasteiger partial charge in [-0.25, -0.2) is 0 Å². The Bertz CT molecular complexity index is 542. The Balaban J connectivity index is -0.000000642. The topological polar surface area (TPSA) is 136 Å². The molecule has 0 spiro atoms. The fraction of sp³-hybridized carbons (Fsp3) is 1.00. The van der Waals surface area contributed by atoms with Crippen LogP contribution in [0, 0.1) is 11.8 Å². The van der Waals surface area contributed by atoms with Crippen LogP contribution >= 0.6 is 0 Å². The second kappa shape index (κ2) is 39.8. The molecule has 0 aliphatic carbocycles. The van der Waals surface area contributed by atoms with E-state index < -0.39 is 10.4 Å². The highest BCUT2D eigenvalue weighted by Crippen LogP contribution is 2.15. The molecule has 0 radical (unpaired) electrons. The van der Waals surface area contributed by atoms with Crippen molar-refractivity contribution in [2.45, 2.75) is 207 Å². The molecule has 0 amide bonds. The van der Waals surface area contributed by atoms with Crippen molar-refractivity contribution in [1.29, 1.82) is 0 Å². The molecule has 0 saturated carbocycles. The van der Waals surface area contributed by atoms with Crippen molar-refractivity contribution < 1.29 is 29.0 Å². The van der Waals surface area contributed by atoms with Gasteiger partial charge in [0.05, 0.1) is 13.1 Å². The molecule has 0 aromatic carbocycles. The van der Waals surface area contributed by atoms with Crippen LogP contribution in [-0.4, -0.2) is 30.6 Å². The SMILES string of the molecule is CC(C)CCCCCCCCCCCCCCC[NH3+].CC(C)CCCCCCCCCCCCCCC[NH3+].O=S(=O)([O-])[O-]. The first kappa shape index (κ1) is 47.2. The summed E-state index contributed by atoms with van der Waals surface area (Å²) in [6.07, 6.45) is 40.5. The van der Waals surface area contributed by atoms with Crippen molar-refractivity contribution in [2.24, 2.45) is 11.8 Å². The van der Waals surface area contributed by atoms with E-state index in [2.05, 4.69) is 39.2 Å². The predicted molar refractivity (Wildman–Crippen MR) is 185 cm³/mol. The molecule has 264 valence electrons. The van der Waals surface area contributed by atoms with Crippen LogP contribution in [-0.2, 0) is 10.4 Å². The third-order valence-corrected chi connectivity index (χ3v) is 8.06. The summed E-state index contributed by atoms with van der Waals surface area (Å²) in [4.78, 5) is 0. The third-order valence-electron chi connectivity index (χ3n) is 8.06. The van der Waals surface area contributed by atoms with E-state index >= 15 is 0 Å². The fourth-order valence-electron chi connectivity index (χ4n) is 5.35. The quantitative estimate of drug-likeness (QED) is 0.0461. The van der Waals surface area contributed by atoms with E-state index in [1.54, 1.807) is 0 Å². The van der Waals surface area contributed by atoms with Gasteiger partial charge in [-0.15, -0.1) is 0 Å². The van der Waals surface area contributed by atoms with Gasteiger partial charge in [0.2, 0.25) is 0 Å². The van der Waals surface area contributed by atoms with Crippen LogP contribution in [0.4, 0.5) is 0 Å². The van der Waals surface area contributed by atoms with Gasteiger partial charge in [-0.3, -0.25) is 8.42 Å². The number of rotatable bonds is 30. The highest BCUT2D eigenvalue weighted by atomic mass is 32.3. The lowest BCUT2D eigenvalue weighted by molar-refractivity contribution is -0.368. The number of hydrogen-bond donors (Lipinski definition) is 2. The van der Waals surface area contributed by atoms with Crippen molar-refractivity contribution in [3.05, 3.63) is 0 Å². The fourth-order valence-corrected chi connectivity index (χ4v) is 5.35. The van der Waals surface area contributed by atoms with Crippen molar-refractivity contribution in [3.8, 4) is 0 Å². The molecule has 6 nitrogen and oxygen atoms in total. The zero-order valence-corrected chi connectivity index (χ0v) is 30.6. The average molecular weight is 637 g/mol. The first-order valence-electron chi connectivity index (χ1n) is 18.8. The molecule has 0 aromatic rings. The Morgan fingerprint density at radius 3 is 0.651 bits per heavy atom. The minimum atomic E-state index is -5.17. The van der Waals surface area contributed by atoms with Gasteiger partial charge in [0.1, 0.15) is 0 Å². The van der Waals surface area contributed by atoms with E-state index in [0.29, 0.717) is 0 Å². The summed E-state index contributed by atoms with van der Waals surface area (Å²) in [5.74, 6) is 1.79. The van der Waals surface area contributed by atoms with E-state index in [9.17, 15) is 0 Å². The molecule has 43 heavy (non-hydrogen) atoms. The summed E-state index contributed by atoms with van der Waals surface area (Å²) in [5, 5.41) is 0. The van der Waals surface area contributed by atoms with E-state index in [0.717, 1.165) is 24.9 Å². The van der Waals surface area contributed by atoms with Gasteiger partial charge < -0.3 is 20.6 Å². The Kier molecular flexibility index (Phi) is 43.7. The van der Waals surface area contributed by atoms with Gasteiger partial charge >= 0.3 is 0 Å². The van der Waals surface area contributed by atoms with E-state index in [-0.39, 0.29) is 0 Å². The van der Waals surface area contributed by atoms with Crippen LogP contribution in [0.1, 0.15) is 207 Å². The third kappa shape index (κ3) is 65.5. The summed E-state index contributed by atoms with van der Waals surface area (Å²) in [7, 11) is -5.17. The molecule has 0 rings (SSSR count). The minimum Gasteiger partial charge on any atom is -0.759 e. The Hall–Kier alpha value is -0.210. The van der Waals surface area contributed by atoms with Gasteiger partial charge in [-0.05, 0) is 37.5 Å². The molecule has 0 heterocycles. The molecule has 0 fully saturated rings. The van der Waals surface area contributed by atoms with Crippen LogP contribution in [0.15, 0.2) is 0 Å². The molecule has 0 aliphatic heterocycles. The first-order chi connectivity index (χ1) is 20.5. The van der Waals surface area contributed by atoms with Crippen molar-refractivity contribution in [3.63, 3.8) is 0 Å². The molecule has 6 N–H and O–H groups in total. The van der Waals surface area contributed by atoms with E-state index in [1.165, 1.54) is 180 Å². The number of quaternary nitrogens is 2. The second-order valence-electron chi connectivity index (χ2n) is 13.7. The molecule has 0 aromatic heterocycles. The average Bonchev–Trinajstić information content (AvgIpc) is 2.92. The van der Waals surface area contributed by atoms with Crippen LogP contribution in [0.25, 0.3) is 0 Å². The van der Waals surface area contributed by atoms with Gasteiger partial charge in [0, 0.05) is 10.4 Å². The minimum absolute atomic E-state index is 0.897. The van der Waals surface area contributed by atoms with E-state index in [4.69, 9.17) is 17.5 Å². The zero-order chi connectivity index (χ0) is 32.9. The Morgan fingerprint density at radius 2 is 0.512 bits per heavy atom. The second-order valence-corrected chi connectivity index (χ2v) is 14.5. The van der Waals surface area contributed by atoms with Crippen molar-refractivity contribution >= 4 is 10.4 Å². The first-order valence-corrected chi connectivity index (χ1v) is 20.1. The smallest absolute Gasteiger partial charge is 0.0739 e. The molecular formula is C36H80N2O4S. The van der Waals surface area contributed by atoms with Crippen LogP contribution < -0.4 is 11.5 Å². The number of unbranched alkanes of at least 4 members (excludes halogenated alkanes) is 24. The summed E-state index contributed by atoms with van der Waals surface area (Å²) in [5.41, 5.74) is 7.78. The summed E-state index contributed by atoms with van der Waals surface area (Å²) in [6, 6.07) is 0. The lowest BCUT2D eigenvalue weighted by Gasteiger charge is -2.06. The zero-order valence-electron chi connectivity index (χ0n) is 29.8. The lowest BCUT2D eigenvalue weighted by atomic mass is 10.0. The van der Waals surface area contributed by atoms with Crippen molar-refractivity contribution in [1.82, 2.24) is 0 Å². The monoisotopic (exact) mass is 637 g/mol. The lowest BCUT2D eigenvalue weighted by Crippen LogP contribution is -2.50. The van der Waals surface area contributed by atoms with Gasteiger partial charge in [-0.1, -0.05) is 182 Å². The van der Waals surface area contributed by atoms with Crippen LogP contribution in [0.2, 0.25) is 0 Å². The van der Waals surface area contributed by atoms with Crippen molar-refractivity contribution in [2.75, 3.05) is 13.1 Å². The summed E-state index contributed by atoms with van der Waals surface area (Å²) < 4.78 is 34.1. The van der Waals surface area contributed by atoms with E-state index in [1.807, 2.05) is 0 Å². The molecular weight excluding hydrogens is 556 g/mol. The normalized spacial score (nSPS) is 11.4. The van der Waals surface area contributed by atoms with Crippen LogP contribution in [0.3, 0.4) is 0 Å². The summed E-state index contributed by atoms with van der Waals surface area (Å²) in [6.45, 7) is 11.6. The molecule has 0 atom stereocenters. The highest BCUT2D eigenvalue weighted by Gasteiger charge is 1.97. The molecule has 0 aliphatic rings.